The van der Waals surface area contributed by atoms with Gasteiger partial charge in [0.1, 0.15) is 11.2 Å². The van der Waals surface area contributed by atoms with Gasteiger partial charge >= 0.3 is 5.69 Å². The Bertz CT molecular complexity index is 2900. The van der Waals surface area contributed by atoms with Crippen LogP contribution in [0.5, 0.6) is 5.75 Å². The van der Waals surface area contributed by atoms with Gasteiger partial charge in [-0.2, -0.15) is 5.10 Å². The minimum Gasteiger partial charge on any atom is -0.487 e. The Balaban J connectivity index is 0.963. The fourth-order valence-electron chi connectivity index (χ4n) is 9.50. The van der Waals surface area contributed by atoms with Crippen LogP contribution in [0.25, 0.3) is 33.3 Å². The maximum atomic E-state index is 14.2. The molecule has 2 fully saturated rings. The van der Waals surface area contributed by atoms with Crippen LogP contribution in [-0.4, -0.2) is 96.4 Å². The fraction of sp³-hybridized carbons (Fsp3) is 0.396. The van der Waals surface area contributed by atoms with Gasteiger partial charge in [0.25, 0.3) is 15.9 Å². The molecular formula is C48H53ClN8O7S. The maximum absolute atomic E-state index is 14.2. The molecule has 2 N–H and O–H groups in total. The summed E-state index contributed by atoms with van der Waals surface area (Å²) in [5.41, 5.74) is 6.93. The van der Waals surface area contributed by atoms with E-state index in [4.69, 9.17) is 26.1 Å². The molecule has 1 saturated heterocycles. The van der Waals surface area contributed by atoms with Crippen molar-refractivity contribution >= 4 is 66.5 Å². The summed E-state index contributed by atoms with van der Waals surface area (Å²) in [4.78, 5) is 37.9. The number of aromatic nitrogens is 4. The molecule has 3 aliphatic rings. The fourth-order valence-corrected chi connectivity index (χ4v) is 10.6. The van der Waals surface area contributed by atoms with E-state index in [9.17, 15) is 23.3 Å². The number of sulfonamides is 1. The number of nitrogens with zero attached hydrogens (tertiary/aromatic N) is 6. The summed E-state index contributed by atoms with van der Waals surface area (Å²) in [6.07, 6.45) is 10.2. The Morgan fingerprint density at radius 1 is 1.00 bits per heavy atom. The van der Waals surface area contributed by atoms with Crippen molar-refractivity contribution in [2.75, 3.05) is 51.3 Å². The average Bonchev–Trinajstić information content (AvgIpc) is 3.94. The van der Waals surface area contributed by atoms with E-state index in [1.54, 1.807) is 30.3 Å². The SMILES string of the molecule is CO[C@H]1CC[C@H](COc2ccc(S(=O)(=O)NC(=O)c3ccc(N4CCN(CC5=C(c6ccc(Cl)cc6)CC(C)(C)CC5)CC4)cc3-n3ncc4nc5[nH]ccc5cc43)cc2[N+](=O)[O-])CC1. The van der Waals surface area contributed by atoms with Gasteiger partial charge in [-0.05, 0) is 122 Å². The Labute approximate surface area is 382 Å². The zero-order valence-electron chi connectivity index (χ0n) is 36.8. The van der Waals surface area contributed by atoms with Crippen LogP contribution in [0.1, 0.15) is 74.7 Å². The number of piperazine rings is 1. The summed E-state index contributed by atoms with van der Waals surface area (Å²) < 4.78 is 42.8. The standard InChI is InChI=1S/C48H53ClN8O7S/c1-48(2)18-16-34(40(27-48)32-6-8-35(49)9-7-32)29-54-20-22-55(23-21-54)36-10-14-39(42(25-36)56-43-24-33-17-19-50-46(33)52-41(43)28-51-56)47(58)53-65(61,62)38-13-15-45(44(26-38)57(59)60)64-30-31-4-11-37(63-3)12-5-31/h6-10,13-15,17,19,24-26,28,31,37H,4-5,11-12,16,18,20-23,27,29-30H2,1-3H3,(H,50,52)(H,53,58)/t31-,37-. The van der Waals surface area contributed by atoms with Gasteiger partial charge in [0.05, 0.1) is 45.5 Å². The number of allylic oxidation sites excluding steroid dienone is 1. The predicted molar refractivity (Wildman–Crippen MR) is 251 cm³/mol. The number of H-pyrrole nitrogens is 1. The Morgan fingerprint density at radius 2 is 1.77 bits per heavy atom. The van der Waals surface area contributed by atoms with Gasteiger partial charge in [-0.25, -0.2) is 22.8 Å². The van der Waals surface area contributed by atoms with Gasteiger partial charge < -0.3 is 19.4 Å². The quantitative estimate of drug-likeness (QED) is 0.0835. The number of rotatable bonds is 13. The largest absolute Gasteiger partial charge is 0.487 e. The first kappa shape index (κ1) is 44.4. The number of carbonyl (C=O) groups is 1. The minimum atomic E-state index is -4.60. The normalized spacial score (nSPS) is 19.5. The highest BCUT2D eigenvalue weighted by atomic mass is 35.5. The number of nitro benzene ring substituents is 1. The summed E-state index contributed by atoms with van der Waals surface area (Å²) in [6.45, 7) is 8.91. The van der Waals surface area contributed by atoms with Gasteiger partial charge in [-0.15, -0.1) is 0 Å². The molecule has 0 atom stereocenters. The predicted octanol–water partition coefficient (Wildman–Crippen LogP) is 8.95. The number of benzene rings is 3. The molecule has 2 aliphatic carbocycles. The molecule has 0 bridgehead atoms. The number of halogens is 1. The Morgan fingerprint density at radius 3 is 2.51 bits per heavy atom. The average molecular weight is 922 g/mol. The Hall–Kier alpha value is -5.81. The highest BCUT2D eigenvalue weighted by Crippen LogP contribution is 2.43. The second-order valence-electron chi connectivity index (χ2n) is 18.3. The molecule has 65 heavy (non-hydrogen) atoms. The molecule has 1 amide bonds. The lowest BCUT2D eigenvalue weighted by Gasteiger charge is -2.39. The molecule has 0 radical (unpaired) electrons. The summed E-state index contributed by atoms with van der Waals surface area (Å²) in [5.74, 6) is -0.773. The Kier molecular flexibility index (Phi) is 12.4. The smallest absolute Gasteiger partial charge is 0.312 e. The van der Waals surface area contributed by atoms with Crippen molar-refractivity contribution in [3.05, 3.63) is 117 Å². The molecule has 4 heterocycles. The number of carbonyl (C=O) groups excluding carboxylic acids is 1. The first-order valence-electron chi connectivity index (χ1n) is 22.2. The lowest BCUT2D eigenvalue weighted by molar-refractivity contribution is -0.386. The molecule has 6 aromatic rings. The first-order valence-corrected chi connectivity index (χ1v) is 24.0. The number of nitro groups is 1. The van der Waals surface area contributed by atoms with E-state index < -0.39 is 31.4 Å². The van der Waals surface area contributed by atoms with E-state index in [2.05, 4.69) is 50.6 Å². The number of fused-ring (bicyclic) bond motifs is 2. The van der Waals surface area contributed by atoms with E-state index in [1.807, 2.05) is 36.4 Å². The zero-order valence-corrected chi connectivity index (χ0v) is 38.3. The van der Waals surface area contributed by atoms with Gasteiger partial charge in [0.15, 0.2) is 5.75 Å². The molecule has 9 rings (SSSR count). The molecule has 17 heteroatoms. The molecule has 0 spiro atoms. The molecule has 15 nitrogen and oxygen atoms in total. The minimum absolute atomic E-state index is 0.0367. The number of ether oxygens (including phenoxy) is 2. The first-order chi connectivity index (χ1) is 31.2. The summed E-state index contributed by atoms with van der Waals surface area (Å²) >= 11 is 6.26. The molecule has 340 valence electrons. The van der Waals surface area contributed by atoms with Crippen molar-refractivity contribution in [3.63, 3.8) is 0 Å². The number of hydrogen-bond acceptors (Lipinski definition) is 11. The summed E-state index contributed by atoms with van der Waals surface area (Å²) in [5, 5.41) is 18.4. The van der Waals surface area contributed by atoms with Crippen LogP contribution >= 0.6 is 11.6 Å². The third-order valence-electron chi connectivity index (χ3n) is 13.3. The second kappa shape index (κ2) is 18.2. The van der Waals surface area contributed by atoms with Crippen LogP contribution in [0.2, 0.25) is 5.02 Å². The molecular weight excluding hydrogens is 868 g/mol. The zero-order chi connectivity index (χ0) is 45.5. The summed E-state index contributed by atoms with van der Waals surface area (Å²) in [7, 11) is -2.91. The van der Waals surface area contributed by atoms with Crippen LogP contribution in [-0.2, 0) is 14.8 Å². The molecule has 1 aliphatic heterocycles. The molecule has 1 saturated carbocycles. The maximum Gasteiger partial charge on any atom is 0.312 e. The van der Waals surface area contributed by atoms with Gasteiger partial charge in [-0.1, -0.05) is 43.2 Å². The lowest BCUT2D eigenvalue weighted by atomic mass is 9.72. The number of aromatic amines is 1. The highest BCUT2D eigenvalue weighted by molar-refractivity contribution is 7.90. The van der Waals surface area contributed by atoms with E-state index in [0.717, 1.165) is 99.8 Å². The van der Waals surface area contributed by atoms with Crippen LogP contribution in [0.15, 0.2) is 95.7 Å². The van der Waals surface area contributed by atoms with Crippen molar-refractivity contribution in [3.8, 4) is 11.4 Å². The number of pyridine rings is 1. The van der Waals surface area contributed by atoms with Crippen molar-refractivity contribution in [1.82, 2.24) is 29.4 Å². The van der Waals surface area contributed by atoms with Crippen molar-refractivity contribution in [2.45, 2.75) is 69.8 Å². The number of anilines is 1. The van der Waals surface area contributed by atoms with Gasteiger partial charge in [0, 0.05) is 68.2 Å². The number of nitrogens with one attached hydrogen (secondary N) is 2. The topological polar surface area (TPSA) is 178 Å². The van der Waals surface area contributed by atoms with Crippen molar-refractivity contribution in [1.29, 1.82) is 0 Å². The third-order valence-corrected chi connectivity index (χ3v) is 14.9. The van der Waals surface area contributed by atoms with E-state index >= 15 is 0 Å². The van der Waals surface area contributed by atoms with Crippen LogP contribution in [0, 0.1) is 21.4 Å². The second-order valence-corrected chi connectivity index (χ2v) is 20.4. The third kappa shape index (κ3) is 9.62. The van der Waals surface area contributed by atoms with Crippen LogP contribution in [0.4, 0.5) is 11.4 Å². The van der Waals surface area contributed by atoms with E-state index in [-0.39, 0.29) is 35.4 Å². The number of methoxy groups -OCH3 is 1. The van der Waals surface area contributed by atoms with Crippen LogP contribution < -0.4 is 14.4 Å². The van der Waals surface area contributed by atoms with E-state index in [1.165, 1.54) is 28.8 Å². The lowest BCUT2D eigenvalue weighted by Crippen LogP contribution is -2.47. The van der Waals surface area contributed by atoms with Gasteiger partial charge in [0.2, 0.25) is 0 Å². The van der Waals surface area contributed by atoms with E-state index in [0.29, 0.717) is 22.4 Å². The summed E-state index contributed by atoms with van der Waals surface area (Å²) in [6, 6.07) is 20.7. The number of amides is 1. The highest BCUT2D eigenvalue weighted by Gasteiger charge is 2.31. The molecule has 0 unspecified atom stereocenters. The number of hydrogen-bond donors (Lipinski definition) is 2. The van der Waals surface area contributed by atoms with Gasteiger partial charge in [-0.3, -0.25) is 19.8 Å². The monoisotopic (exact) mass is 920 g/mol. The molecule has 3 aromatic heterocycles. The van der Waals surface area contributed by atoms with Crippen molar-refractivity contribution in [2.24, 2.45) is 11.3 Å². The van der Waals surface area contributed by atoms with Crippen molar-refractivity contribution < 1.29 is 27.6 Å². The molecule has 3 aromatic carbocycles. The van der Waals surface area contributed by atoms with Crippen LogP contribution in [0.3, 0.4) is 0 Å².